The highest BCUT2D eigenvalue weighted by Crippen LogP contribution is 2.15. The maximum Gasteiger partial charge on any atom is 0.306 e. The van der Waals surface area contributed by atoms with Gasteiger partial charge in [0.15, 0.2) is 6.10 Å². The maximum absolute atomic E-state index is 12.1. The van der Waals surface area contributed by atoms with E-state index in [0.717, 1.165) is 11.3 Å². The second-order valence-corrected chi connectivity index (χ2v) is 5.87. The van der Waals surface area contributed by atoms with Crippen LogP contribution in [0.1, 0.15) is 40.7 Å². The standard InChI is InChI=1S/C18H21N3O5/c1-10-15(11(2)26-21-10)8-9-16(22)25-12(3)18(24)20-14-6-4-13(5-7-14)17(19)23/h4-7,12H,8-9H2,1-3H3,(H2,19,23)(H,20,24)/t12-/m0/s1. The minimum atomic E-state index is -0.956. The first-order valence-corrected chi connectivity index (χ1v) is 8.10. The summed E-state index contributed by atoms with van der Waals surface area (Å²) in [6, 6.07) is 6.09. The van der Waals surface area contributed by atoms with Gasteiger partial charge in [-0.2, -0.15) is 0 Å². The molecule has 0 fully saturated rings. The summed E-state index contributed by atoms with van der Waals surface area (Å²) < 4.78 is 10.2. The summed E-state index contributed by atoms with van der Waals surface area (Å²) in [4.78, 5) is 35.1. The Bertz CT molecular complexity index is 791. The number of aromatic nitrogens is 1. The molecular formula is C18H21N3O5. The summed E-state index contributed by atoms with van der Waals surface area (Å²) >= 11 is 0. The van der Waals surface area contributed by atoms with Crippen LogP contribution in [-0.4, -0.2) is 29.0 Å². The number of anilines is 1. The third kappa shape index (κ3) is 4.92. The van der Waals surface area contributed by atoms with Crippen molar-refractivity contribution >= 4 is 23.5 Å². The molecule has 0 radical (unpaired) electrons. The van der Waals surface area contributed by atoms with E-state index in [-0.39, 0.29) is 6.42 Å². The van der Waals surface area contributed by atoms with Gasteiger partial charge in [0.05, 0.1) is 5.69 Å². The summed E-state index contributed by atoms with van der Waals surface area (Å²) in [7, 11) is 0. The van der Waals surface area contributed by atoms with Crippen molar-refractivity contribution in [2.75, 3.05) is 5.32 Å². The third-order valence-electron chi connectivity index (χ3n) is 3.87. The number of benzene rings is 1. The van der Waals surface area contributed by atoms with E-state index in [1.54, 1.807) is 26.0 Å². The first-order chi connectivity index (χ1) is 12.3. The second kappa shape index (κ2) is 8.28. The molecule has 0 spiro atoms. The molecule has 1 atom stereocenters. The first-order valence-electron chi connectivity index (χ1n) is 8.10. The van der Waals surface area contributed by atoms with E-state index in [4.69, 9.17) is 15.0 Å². The molecule has 3 N–H and O–H groups in total. The lowest BCUT2D eigenvalue weighted by molar-refractivity contribution is -0.153. The molecule has 2 rings (SSSR count). The summed E-state index contributed by atoms with van der Waals surface area (Å²) in [5.74, 6) is -0.844. The van der Waals surface area contributed by atoms with E-state index in [9.17, 15) is 14.4 Å². The van der Waals surface area contributed by atoms with E-state index in [1.165, 1.54) is 19.1 Å². The number of primary amides is 1. The number of nitrogens with two attached hydrogens (primary N) is 1. The van der Waals surface area contributed by atoms with E-state index >= 15 is 0 Å². The molecule has 1 aromatic heterocycles. The van der Waals surface area contributed by atoms with Crippen molar-refractivity contribution in [3.8, 4) is 0 Å². The average molecular weight is 359 g/mol. The number of carbonyl (C=O) groups excluding carboxylic acids is 3. The minimum absolute atomic E-state index is 0.119. The Balaban J connectivity index is 1.84. The van der Waals surface area contributed by atoms with Gasteiger partial charge in [-0.25, -0.2) is 0 Å². The van der Waals surface area contributed by atoms with Gasteiger partial charge in [-0.05, 0) is 51.5 Å². The first kappa shape index (κ1) is 19.2. The van der Waals surface area contributed by atoms with Crippen molar-refractivity contribution in [1.29, 1.82) is 0 Å². The third-order valence-corrected chi connectivity index (χ3v) is 3.87. The maximum atomic E-state index is 12.1. The molecule has 0 saturated carbocycles. The van der Waals surface area contributed by atoms with Crippen LogP contribution in [0, 0.1) is 13.8 Å². The van der Waals surface area contributed by atoms with Crippen molar-refractivity contribution in [3.05, 3.63) is 46.8 Å². The number of carbonyl (C=O) groups is 3. The topological polar surface area (TPSA) is 125 Å². The van der Waals surface area contributed by atoms with Gasteiger partial charge < -0.3 is 20.3 Å². The highest BCUT2D eigenvalue weighted by atomic mass is 16.5. The lowest BCUT2D eigenvalue weighted by atomic mass is 10.1. The lowest BCUT2D eigenvalue weighted by Gasteiger charge is -2.13. The van der Waals surface area contributed by atoms with Crippen LogP contribution in [0.2, 0.25) is 0 Å². The van der Waals surface area contributed by atoms with Crippen LogP contribution in [0.3, 0.4) is 0 Å². The molecule has 2 amide bonds. The van der Waals surface area contributed by atoms with E-state index in [1.807, 2.05) is 0 Å². The Kier molecular flexibility index (Phi) is 6.11. The smallest absolute Gasteiger partial charge is 0.306 e. The van der Waals surface area contributed by atoms with E-state index < -0.39 is 23.9 Å². The van der Waals surface area contributed by atoms with Gasteiger partial charge in [0.25, 0.3) is 5.91 Å². The van der Waals surface area contributed by atoms with Gasteiger partial charge in [-0.15, -0.1) is 0 Å². The van der Waals surface area contributed by atoms with Gasteiger partial charge in [0.1, 0.15) is 5.76 Å². The quantitative estimate of drug-likeness (QED) is 0.727. The average Bonchev–Trinajstić information content (AvgIpc) is 2.91. The Morgan fingerprint density at radius 2 is 1.88 bits per heavy atom. The molecule has 1 heterocycles. The second-order valence-electron chi connectivity index (χ2n) is 5.87. The SMILES string of the molecule is Cc1noc(C)c1CCC(=O)O[C@@H](C)C(=O)Nc1ccc(C(N)=O)cc1. The van der Waals surface area contributed by atoms with Gasteiger partial charge in [0, 0.05) is 23.2 Å². The molecular weight excluding hydrogens is 338 g/mol. The van der Waals surface area contributed by atoms with Crippen molar-refractivity contribution in [2.24, 2.45) is 5.73 Å². The Morgan fingerprint density at radius 3 is 2.42 bits per heavy atom. The molecule has 2 aromatic rings. The van der Waals surface area contributed by atoms with Crippen LogP contribution >= 0.6 is 0 Å². The molecule has 8 heteroatoms. The van der Waals surface area contributed by atoms with Crippen molar-refractivity contribution < 1.29 is 23.6 Å². The molecule has 0 unspecified atom stereocenters. The number of rotatable bonds is 7. The highest BCUT2D eigenvalue weighted by molar-refractivity contribution is 5.96. The zero-order valence-corrected chi connectivity index (χ0v) is 14.9. The zero-order chi connectivity index (χ0) is 19.3. The van der Waals surface area contributed by atoms with Gasteiger partial charge in [0.2, 0.25) is 5.91 Å². The molecule has 0 aliphatic heterocycles. The normalized spacial score (nSPS) is 11.7. The fourth-order valence-electron chi connectivity index (χ4n) is 2.36. The number of ether oxygens (including phenoxy) is 1. The molecule has 0 bridgehead atoms. The van der Waals surface area contributed by atoms with Gasteiger partial charge in [-0.1, -0.05) is 5.16 Å². The number of nitrogens with zero attached hydrogens (tertiary/aromatic N) is 1. The summed E-state index contributed by atoms with van der Waals surface area (Å²) in [6.45, 7) is 5.07. The summed E-state index contributed by atoms with van der Waals surface area (Å²) in [5.41, 5.74) is 7.57. The van der Waals surface area contributed by atoms with Crippen LogP contribution in [-0.2, 0) is 20.7 Å². The van der Waals surface area contributed by atoms with Crippen LogP contribution in [0.4, 0.5) is 5.69 Å². The Labute approximate surface area is 150 Å². The fraction of sp³-hybridized carbons (Fsp3) is 0.333. The molecule has 0 saturated heterocycles. The Morgan fingerprint density at radius 1 is 1.23 bits per heavy atom. The predicted octanol–water partition coefficient (Wildman–Crippen LogP) is 1.89. The molecule has 0 aliphatic carbocycles. The van der Waals surface area contributed by atoms with Crippen molar-refractivity contribution in [3.63, 3.8) is 0 Å². The molecule has 26 heavy (non-hydrogen) atoms. The number of amides is 2. The minimum Gasteiger partial charge on any atom is -0.453 e. The van der Waals surface area contributed by atoms with Crippen molar-refractivity contribution in [1.82, 2.24) is 5.16 Å². The summed E-state index contributed by atoms with van der Waals surface area (Å²) in [6.07, 6.45) is -0.403. The monoisotopic (exact) mass is 359 g/mol. The van der Waals surface area contributed by atoms with Gasteiger partial charge in [-0.3, -0.25) is 14.4 Å². The predicted molar refractivity (Wildman–Crippen MR) is 93.4 cm³/mol. The Hall–Kier alpha value is -3.16. The van der Waals surface area contributed by atoms with Crippen LogP contribution in [0.25, 0.3) is 0 Å². The summed E-state index contributed by atoms with van der Waals surface area (Å²) in [5, 5.41) is 6.43. The van der Waals surface area contributed by atoms with Crippen LogP contribution in [0.5, 0.6) is 0 Å². The highest BCUT2D eigenvalue weighted by Gasteiger charge is 2.19. The van der Waals surface area contributed by atoms with E-state index in [0.29, 0.717) is 23.4 Å². The van der Waals surface area contributed by atoms with E-state index in [2.05, 4.69) is 10.5 Å². The number of nitrogens with one attached hydrogen (secondary N) is 1. The fourth-order valence-corrected chi connectivity index (χ4v) is 2.36. The number of aryl methyl sites for hydroxylation is 2. The number of hydrogen-bond acceptors (Lipinski definition) is 6. The van der Waals surface area contributed by atoms with Crippen molar-refractivity contribution in [2.45, 2.75) is 39.7 Å². The van der Waals surface area contributed by atoms with Crippen LogP contribution in [0.15, 0.2) is 28.8 Å². The molecule has 0 aliphatic rings. The number of hydrogen-bond donors (Lipinski definition) is 2. The zero-order valence-electron chi connectivity index (χ0n) is 14.9. The largest absolute Gasteiger partial charge is 0.453 e. The molecule has 1 aromatic carbocycles. The number of esters is 1. The molecule has 138 valence electrons. The van der Waals surface area contributed by atoms with Gasteiger partial charge >= 0.3 is 5.97 Å². The molecule has 8 nitrogen and oxygen atoms in total. The van der Waals surface area contributed by atoms with Crippen LogP contribution < -0.4 is 11.1 Å². The lowest BCUT2D eigenvalue weighted by Crippen LogP contribution is -2.30.